The van der Waals surface area contributed by atoms with Gasteiger partial charge in [0.15, 0.2) is 5.75 Å². The van der Waals surface area contributed by atoms with E-state index in [1.165, 1.54) is 19.2 Å². The Balaban J connectivity index is 1.90. The van der Waals surface area contributed by atoms with Crippen LogP contribution in [0.15, 0.2) is 42.5 Å². The number of hydrogen-bond donors (Lipinski definition) is 1. The van der Waals surface area contributed by atoms with Crippen LogP contribution in [0.25, 0.3) is 0 Å². The zero-order chi connectivity index (χ0) is 17.5. The molecule has 24 heavy (non-hydrogen) atoms. The van der Waals surface area contributed by atoms with Crippen LogP contribution in [0.3, 0.4) is 0 Å². The van der Waals surface area contributed by atoms with E-state index < -0.39 is 6.61 Å². The number of amides is 1. The molecule has 2 rings (SSSR count). The first kappa shape index (κ1) is 18.0. The number of anilines is 1. The molecule has 128 valence electrons. The van der Waals surface area contributed by atoms with Gasteiger partial charge in [0.05, 0.1) is 17.8 Å². The van der Waals surface area contributed by atoms with Crippen LogP contribution in [-0.4, -0.2) is 19.6 Å². The van der Waals surface area contributed by atoms with Gasteiger partial charge in [0.1, 0.15) is 5.75 Å². The van der Waals surface area contributed by atoms with Gasteiger partial charge in [0.2, 0.25) is 5.91 Å². The third-order valence-corrected chi connectivity index (χ3v) is 3.53. The van der Waals surface area contributed by atoms with Crippen LogP contribution >= 0.6 is 11.6 Å². The number of hydrogen-bond acceptors (Lipinski definition) is 3. The van der Waals surface area contributed by atoms with Gasteiger partial charge in [-0.3, -0.25) is 4.79 Å². The molecule has 1 N–H and O–H groups in total. The molecule has 0 aliphatic carbocycles. The zero-order valence-electron chi connectivity index (χ0n) is 12.9. The van der Waals surface area contributed by atoms with Crippen molar-refractivity contribution >= 4 is 23.2 Å². The Morgan fingerprint density at radius 1 is 1.21 bits per heavy atom. The minimum absolute atomic E-state index is 0.0851. The Hall–Kier alpha value is -2.34. The third kappa shape index (κ3) is 5.09. The monoisotopic (exact) mass is 355 g/mol. The van der Waals surface area contributed by atoms with Crippen molar-refractivity contribution < 1.29 is 23.0 Å². The van der Waals surface area contributed by atoms with E-state index in [1.54, 1.807) is 30.3 Å². The van der Waals surface area contributed by atoms with E-state index in [1.807, 2.05) is 0 Å². The van der Waals surface area contributed by atoms with E-state index in [9.17, 15) is 13.6 Å². The fourth-order valence-electron chi connectivity index (χ4n) is 2.12. The highest BCUT2D eigenvalue weighted by Crippen LogP contribution is 2.32. The van der Waals surface area contributed by atoms with E-state index in [-0.39, 0.29) is 18.1 Å². The standard InChI is InChI=1S/C17H16ClF2NO3/c1-23-16-13(18)3-2-4-14(16)21-15(22)10-7-11-5-8-12(9-6-11)24-17(19)20/h2-6,8-9,17H,7,10H2,1H3,(H,21,22). The molecule has 0 aliphatic rings. The number of aryl methyl sites for hydroxylation is 1. The summed E-state index contributed by atoms with van der Waals surface area (Å²) < 4.78 is 33.6. The quantitative estimate of drug-likeness (QED) is 0.794. The first-order chi connectivity index (χ1) is 11.5. The second-order valence-corrected chi connectivity index (χ2v) is 5.30. The molecule has 0 fully saturated rings. The summed E-state index contributed by atoms with van der Waals surface area (Å²) in [5.41, 5.74) is 1.33. The number of carbonyl (C=O) groups is 1. The molecule has 1 amide bonds. The molecular formula is C17H16ClF2NO3. The van der Waals surface area contributed by atoms with Crippen molar-refractivity contribution in [3.05, 3.63) is 53.1 Å². The average Bonchev–Trinajstić information content (AvgIpc) is 2.54. The maximum atomic E-state index is 12.1. The Morgan fingerprint density at radius 2 is 1.92 bits per heavy atom. The first-order valence-electron chi connectivity index (χ1n) is 7.15. The number of methoxy groups -OCH3 is 1. The van der Waals surface area contributed by atoms with E-state index in [2.05, 4.69) is 10.1 Å². The lowest BCUT2D eigenvalue weighted by Crippen LogP contribution is -2.13. The van der Waals surface area contributed by atoms with Crippen LogP contribution in [0, 0.1) is 0 Å². The topological polar surface area (TPSA) is 47.6 Å². The minimum atomic E-state index is -2.85. The van der Waals surface area contributed by atoms with E-state index in [0.29, 0.717) is 22.9 Å². The summed E-state index contributed by atoms with van der Waals surface area (Å²) in [5.74, 6) is 0.284. The largest absolute Gasteiger partial charge is 0.493 e. The molecule has 0 unspecified atom stereocenters. The third-order valence-electron chi connectivity index (χ3n) is 3.23. The molecule has 2 aromatic carbocycles. The number of halogens is 3. The van der Waals surface area contributed by atoms with Gasteiger partial charge >= 0.3 is 6.61 Å². The molecule has 7 heteroatoms. The van der Waals surface area contributed by atoms with Crippen LogP contribution in [0.2, 0.25) is 5.02 Å². The molecule has 0 aromatic heterocycles. The van der Waals surface area contributed by atoms with Gasteiger partial charge in [0, 0.05) is 6.42 Å². The van der Waals surface area contributed by atoms with Gasteiger partial charge in [-0.1, -0.05) is 29.8 Å². The number of alkyl halides is 2. The number of benzene rings is 2. The van der Waals surface area contributed by atoms with Gasteiger partial charge in [-0.05, 0) is 36.2 Å². The summed E-state index contributed by atoms with van der Waals surface area (Å²) in [6, 6.07) is 11.2. The lowest BCUT2D eigenvalue weighted by molar-refractivity contribution is -0.116. The number of para-hydroxylation sites is 1. The summed E-state index contributed by atoms with van der Waals surface area (Å²) >= 11 is 6.00. The summed E-state index contributed by atoms with van der Waals surface area (Å²) in [7, 11) is 1.47. The number of rotatable bonds is 7. The van der Waals surface area contributed by atoms with Crippen LogP contribution in [0.4, 0.5) is 14.5 Å². The Morgan fingerprint density at radius 3 is 2.54 bits per heavy atom. The predicted octanol–water partition coefficient (Wildman–Crippen LogP) is 4.52. The second-order valence-electron chi connectivity index (χ2n) is 4.89. The predicted molar refractivity (Wildman–Crippen MR) is 88.0 cm³/mol. The van der Waals surface area contributed by atoms with Gasteiger partial charge in [-0.2, -0.15) is 8.78 Å². The molecule has 0 spiro atoms. The molecule has 0 bridgehead atoms. The maximum Gasteiger partial charge on any atom is 0.387 e. The highest BCUT2D eigenvalue weighted by atomic mass is 35.5. The van der Waals surface area contributed by atoms with Crippen molar-refractivity contribution in [2.24, 2.45) is 0 Å². The smallest absolute Gasteiger partial charge is 0.387 e. The Kier molecular flexibility index (Phi) is 6.37. The van der Waals surface area contributed by atoms with Crippen LogP contribution in [0.5, 0.6) is 11.5 Å². The van der Waals surface area contributed by atoms with E-state index in [0.717, 1.165) is 5.56 Å². The second kappa shape index (κ2) is 8.49. The van der Waals surface area contributed by atoms with Gasteiger partial charge in [0.25, 0.3) is 0 Å². The number of nitrogens with one attached hydrogen (secondary N) is 1. The van der Waals surface area contributed by atoms with Crippen molar-refractivity contribution in [1.29, 1.82) is 0 Å². The highest BCUT2D eigenvalue weighted by Gasteiger charge is 2.11. The highest BCUT2D eigenvalue weighted by molar-refractivity contribution is 6.32. The molecule has 0 aliphatic heterocycles. The van der Waals surface area contributed by atoms with Gasteiger partial charge < -0.3 is 14.8 Å². The summed E-state index contributed by atoms with van der Waals surface area (Å²) in [6.07, 6.45) is 0.689. The molecule has 0 radical (unpaired) electrons. The zero-order valence-corrected chi connectivity index (χ0v) is 13.6. The van der Waals surface area contributed by atoms with Crippen molar-refractivity contribution in [2.75, 3.05) is 12.4 Å². The molecular weight excluding hydrogens is 340 g/mol. The Bertz CT molecular complexity index is 693. The molecule has 0 saturated carbocycles. The summed E-state index contributed by atoms with van der Waals surface area (Å²) in [6.45, 7) is -2.85. The summed E-state index contributed by atoms with van der Waals surface area (Å²) in [4.78, 5) is 12.0. The number of carbonyl (C=O) groups excluding carboxylic acids is 1. The minimum Gasteiger partial charge on any atom is -0.493 e. The maximum absolute atomic E-state index is 12.1. The molecule has 0 saturated heterocycles. The normalized spacial score (nSPS) is 10.5. The van der Waals surface area contributed by atoms with E-state index >= 15 is 0 Å². The molecule has 0 heterocycles. The van der Waals surface area contributed by atoms with Crippen LogP contribution in [-0.2, 0) is 11.2 Å². The van der Waals surface area contributed by atoms with Crippen molar-refractivity contribution in [3.63, 3.8) is 0 Å². The molecule has 0 atom stereocenters. The first-order valence-corrected chi connectivity index (χ1v) is 7.53. The van der Waals surface area contributed by atoms with Crippen molar-refractivity contribution in [3.8, 4) is 11.5 Å². The molecule has 4 nitrogen and oxygen atoms in total. The van der Waals surface area contributed by atoms with Crippen LogP contribution < -0.4 is 14.8 Å². The van der Waals surface area contributed by atoms with Crippen molar-refractivity contribution in [1.82, 2.24) is 0 Å². The fourth-order valence-corrected chi connectivity index (χ4v) is 2.37. The number of ether oxygens (including phenoxy) is 2. The van der Waals surface area contributed by atoms with Gasteiger partial charge in [-0.25, -0.2) is 0 Å². The van der Waals surface area contributed by atoms with Crippen LogP contribution in [0.1, 0.15) is 12.0 Å². The fraction of sp³-hybridized carbons (Fsp3) is 0.235. The lowest BCUT2D eigenvalue weighted by Gasteiger charge is -2.11. The van der Waals surface area contributed by atoms with Crippen molar-refractivity contribution in [2.45, 2.75) is 19.5 Å². The lowest BCUT2D eigenvalue weighted by atomic mass is 10.1. The Labute approximate surface area is 143 Å². The summed E-state index contributed by atoms with van der Waals surface area (Å²) in [5, 5.41) is 3.15. The molecule has 2 aromatic rings. The average molecular weight is 356 g/mol. The van der Waals surface area contributed by atoms with Gasteiger partial charge in [-0.15, -0.1) is 0 Å². The SMILES string of the molecule is COc1c(Cl)cccc1NC(=O)CCc1ccc(OC(F)F)cc1. The van der Waals surface area contributed by atoms with E-state index in [4.69, 9.17) is 16.3 Å².